The maximum absolute atomic E-state index is 13.5. The van der Waals surface area contributed by atoms with E-state index in [1.165, 1.54) is 22.4 Å². The van der Waals surface area contributed by atoms with Crippen LogP contribution in [0.15, 0.2) is 30.6 Å². The van der Waals surface area contributed by atoms with Crippen molar-refractivity contribution in [2.45, 2.75) is 58.4 Å². The molecule has 0 bridgehead atoms. The lowest BCUT2D eigenvalue weighted by Gasteiger charge is -2.37. The number of amides is 2. The molecule has 6 rings (SSSR count). The Morgan fingerprint density at radius 1 is 1.00 bits per heavy atom. The molecule has 1 aliphatic carbocycles. The first-order valence-electron chi connectivity index (χ1n) is 13.9. The van der Waals surface area contributed by atoms with Gasteiger partial charge in [0.25, 0.3) is 5.91 Å². The summed E-state index contributed by atoms with van der Waals surface area (Å²) in [4.78, 5) is 33.1. The summed E-state index contributed by atoms with van der Waals surface area (Å²) in [5, 5.41) is 11.7. The van der Waals surface area contributed by atoms with E-state index in [1.807, 2.05) is 26.9 Å². The van der Waals surface area contributed by atoms with Crippen LogP contribution in [-0.4, -0.2) is 80.9 Å². The van der Waals surface area contributed by atoms with Crippen LogP contribution in [0.2, 0.25) is 0 Å². The summed E-state index contributed by atoms with van der Waals surface area (Å²) in [7, 11) is 0. The third kappa shape index (κ3) is 4.59. The summed E-state index contributed by atoms with van der Waals surface area (Å²) in [5.74, 6) is 0.541. The van der Waals surface area contributed by atoms with Gasteiger partial charge in [-0.05, 0) is 74.6 Å². The molecule has 2 saturated heterocycles. The van der Waals surface area contributed by atoms with E-state index in [0.717, 1.165) is 69.5 Å². The molecule has 9 nitrogen and oxygen atoms in total. The number of aryl methyl sites for hydroxylation is 1. The number of rotatable bonds is 5. The minimum Gasteiger partial charge on any atom is -0.368 e. The SMILES string of the molecule is Cc1cccc(N2CCN(C(=O)Cn3nc(C(=O)N4CCC(c5cn[nH]c5)CC4)c4c3CCC4)CC2)c1C. The molecule has 3 aromatic rings. The van der Waals surface area contributed by atoms with Gasteiger partial charge >= 0.3 is 0 Å². The number of likely N-dealkylation sites (tertiary alicyclic amines) is 1. The molecule has 1 aromatic carbocycles. The van der Waals surface area contributed by atoms with Gasteiger partial charge in [-0.3, -0.25) is 19.4 Å². The topological polar surface area (TPSA) is 90.4 Å². The third-order valence-electron chi connectivity index (χ3n) is 8.82. The lowest BCUT2D eigenvalue weighted by Crippen LogP contribution is -2.50. The molecule has 0 radical (unpaired) electrons. The number of aromatic nitrogens is 4. The van der Waals surface area contributed by atoms with Crippen LogP contribution in [0.1, 0.15) is 63.6 Å². The first-order chi connectivity index (χ1) is 18.5. The van der Waals surface area contributed by atoms with Crippen molar-refractivity contribution in [2.75, 3.05) is 44.2 Å². The summed E-state index contributed by atoms with van der Waals surface area (Å²) in [5.41, 5.74) is 7.77. The van der Waals surface area contributed by atoms with Crippen LogP contribution in [0.3, 0.4) is 0 Å². The molecule has 38 heavy (non-hydrogen) atoms. The minimum atomic E-state index is 0.0159. The average molecular weight is 516 g/mol. The quantitative estimate of drug-likeness (QED) is 0.564. The molecule has 1 N–H and O–H groups in total. The second kappa shape index (κ2) is 10.3. The molecule has 2 fully saturated rings. The monoisotopic (exact) mass is 515 g/mol. The Bertz CT molecular complexity index is 1310. The van der Waals surface area contributed by atoms with Gasteiger partial charge in [0.2, 0.25) is 5.91 Å². The van der Waals surface area contributed by atoms with Gasteiger partial charge in [0.05, 0.1) is 6.20 Å². The fourth-order valence-corrected chi connectivity index (χ4v) is 6.36. The van der Waals surface area contributed by atoms with Gasteiger partial charge in [0.1, 0.15) is 6.54 Å². The highest BCUT2D eigenvalue weighted by molar-refractivity contribution is 5.94. The van der Waals surface area contributed by atoms with Crippen LogP contribution in [-0.2, 0) is 24.2 Å². The van der Waals surface area contributed by atoms with E-state index in [2.05, 4.69) is 47.1 Å². The van der Waals surface area contributed by atoms with Gasteiger partial charge in [0, 0.05) is 62.4 Å². The van der Waals surface area contributed by atoms with Crippen molar-refractivity contribution in [3.63, 3.8) is 0 Å². The molecule has 2 aromatic heterocycles. The molecule has 2 aliphatic heterocycles. The Labute approximate surface area is 223 Å². The Morgan fingerprint density at radius 3 is 2.53 bits per heavy atom. The number of fused-ring (bicyclic) bond motifs is 1. The van der Waals surface area contributed by atoms with Crippen LogP contribution in [0.5, 0.6) is 0 Å². The lowest BCUT2D eigenvalue weighted by atomic mass is 9.91. The second-order valence-electron chi connectivity index (χ2n) is 11.0. The number of nitrogens with one attached hydrogen (secondary N) is 1. The van der Waals surface area contributed by atoms with Gasteiger partial charge in [-0.15, -0.1) is 0 Å². The van der Waals surface area contributed by atoms with Gasteiger partial charge in [0.15, 0.2) is 5.69 Å². The smallest absolute Gasteiger partial charge is 0.274 e. The van der Waals surface area contributed by atoms with Crippen molar-refractivity contribution in [1.82, 2.24) is 29.8 Å². The zero-order valence-corrected chi connectivity index (χ0v) is 22.4. The third-order valence-corrected chi connectivity index (χ3v) is 8.82. The number of carbonyl (C=O) groups is 2. The zero-order valence-electron chi connectivity index (χ0n) is 22.4. The summed E-state index contributed by atoms with van der Waals surface area (Å²) in [6.45, 7) is 9.02. The number of hydrogen-bond donors (Lipinski definition) is 1. The Balaban J connectivity index is 1.09. The van der Waals surface area contributed by atoms with E-state index < -0.39 is 0 Å². The highest BCUT2D eigenvalue weighted by Gasteiger charge is 2.32. The highest BCUT2D eigenvalue weighted by Crippen LogP contribution is 2.31. The molecule has 2 amide bonds. The van der Waals surface area contributed by atoms with Crippen LogP contribution >= 0.6 is 0 Å². The lowest BCUT2D eigenvalue weighted by molar-refractivity contribution is -0.132. The number of benzene rings is 1. The molecule has 0 saturated carbocycles. The first-order valence-corrected chi connectivity index (χ1v) is 13.9. The molecule has 4 heterocycles. The normalized spacial score (nSPS) is 18.2. The molecule has 200 valence electrons. The fourth-order valence-electron chi connectivity index (χ4n) is 6.36. The van der Waals surface area contributed by atoms with Gasteiger partial charge < -0.3 is 14.7 Å². The number of nitrogens with zero attached hydrogens (tertiary/aromatic N) is 6. The molecule has 9 heteroatoms. The van der Waals surface area contributed by atoms with E-state index in [-0.39, 0.29) is 18.4 Å². The number of anilines is 1. The highest BCUT2D eigenvalue weighted by atomic mass is 16.2. The average Bonchev–Trinajstić information content (AvgIpc) is 3.70. The summed E-state index contributed by atoms with van der Waals surface area (Å²) < 4.78 is 1.83. The Hall–Kier alpha value is -3.62. The van der Waals surface area contributed by atoms with Gasteiger partial charge in [-0.1, -0.05) is 12.1 Å². The predicted octanol–water partition coefficient (Wildman–Crippen LogP) is 3.08. The summed E-state index contributed by atoms with van der Waals surface area (Å²) >= 11 is 0. The predicted molar refractivity (Wildman–Crippen MR) is 145 cm³/mol. The van der Waals surface area contributed by atoms with Crippen molar-refractivity contribution < 1.29 is 9.59 Å². The van der Waals surface area contributed by atoms with Crippen LogP contribution < -0.4 is 4.90 Å². The van der Waals surface area contributed by atoms with E-state index in [1.54, 1.807) is 0 Å². The number of aromatic amines is 1. The van der Waals surface area contributed by atoms with Crippen molar-refractivity contribution in [3.05, 3.63) is 64.2 Å². The molecule has 0 unspecified atom stereocenters. The number of piperazine rings is 1. The van der Waals surface area contributed by atoms with E-state index >= 15 is 0 Å². The standard InChI is InChI=1S/C29H37N7O2/c1-20-5-3-7-25(21(20)2)33-13-15-34(16-14-33)27(37)19-36-26-8-4-6-24(26)28(32-36)29(38)35-11-9-22(10-12-35)23-17-30-31-18-23/h3,5,7,17-18,22H,4,6,8-16,19H2,1-2H3,(H,30,31). The molecule has 0 spiro atoms. The Morgan fingerprint density at radius 2 is 1.79 bits per heavy atom. The van der Waals surface area contributed by atoms with Crippen molar-refractivity contribution in [3.8, 4) is 0 Å². The number of piperidine rings is 1. The Kier molecular flexibility index (Phi) is 6.68. The van der Waals surface area contributed by atoms with Crippen molar-refractivity contribution in [2.24, 2.45) is 0 Å². The van der Waals surface area contributed by atoms with E-state index in [9.17, 15) is 9.59 Å². The maximum atomic E-state index is 13.5. The maximum Gasteiger partial charge on any atom is 0.274 e. The largest absolute Gasteiger partial charge is 0.368 e. The van der Waals surface area contributed by atoms with Crippen molar-refractivity contribution >= 4 is 17.5 Å². The van der Waals surface area contributed by atoms with Crippen LogP contribution in [0, 0.1) is 13.8 Å². The van der Waals surface area contributed by atoms with E-state index in [4.69, 9.17) is 5.10 Å². The number of carbonyl (C=O) groups excluding carboxylic acids is 2. The molecular weight excluding hydrogens is 478 g/mol. The second-order valence-corrected chi connectivity index (χ2v) is 11.0. The minimum absolute atomic E-state index is 0.0159. The number of H-pyrrole nitrogens is 1. The molecular formula is C29H37N7O2. The van der Waals surface area contributed by atoms with Gasteiger partial charge in [-0.25, -0.2) is 0 Å². The summed E-state index contributed by atoms with van der Waals surface area (Å²) in [6, 6.07) is 6.42. The first kappa shape index (κ1) is 24.7. The van der Waals surface area contributed by atoms with E-state index in [0.29, 0.717) is 24.7 Å². The van der Waals surface area contributed by atoms with Crippen LogP contribution in [0.25, 0.3) is 0 Å². The van der Waals surface area contributed by atoms with Crippen LogP contribution in [0.4, 0.5) is 5.69 Å². The summed E-state index contributed by atoms with van der Waals surface area (Å²) in [6.07, 6.45) is 8.46. The number of hydrogen-bond acceptors (Lipinski definition) is 5. The molecule has 0 atom stereocenters. The molecule has 3 aliphatic rings. The fraction of sp³-hybridized carbons (Fsp3) is 0.517. The zero-order chi connectivity index (χ0) is 26.2. The van der Waals surface area contributed by atoms with Gasteiger partial charge in [-0.2, -0.15) is 10.2 Å². The van der Waals surface area contributed by atoms with Crippen molar-refractivity contribution in [1.29, 1.82) is 0 Å².